The third-order valence-electron chi connectivity index (χ3n) is 3.05. The molecule has 0 saturated heterocycles. The van der Waals surface area contributed by atoms with Crippen LogP contribution in [0.4, 0.5) is 0 Å². The Bertz CT molecular complexity index is 533. The van der Waals surface area contributed by atoms with Gasteiger partial charge in [0, 0.05) is 18.0 Å². The van der Waals surface area contributed by atoms with Gasteiger partial charge in [-0.1, -0.05) is 45.7 Å². The van der Waals surface area contributed by atoms with Gasteiger partial charge in [-0.3, -0.25) is 4.79 Å². The molecule has 5 heteroatoms. The Labute approximate surface area is 121 Å². The number of unbranched alkanes of at least 4 members (excludes halogenated alkanes) is 2. The molecule has 0 spiro atoms. The molecule has 20 heavy (non-hydrogen) atoms. The predicted molar refractivity (Wildman–Crippen MR) is 80.3 cm³/mol. The number of Topliss-reactive ketones (excluding diaryl/α,β-unsaturated/α-hetero) is 1. The van der Waals surface area contributed by atoms with Gasteiger partial charge in [0.1, 0.15) is 0 Å². The fourth-order valence-corrected chi connectivity index (χ4v) is 2.87. The highest BCUT2D eigenvalue weighted by molar-refractivity contribution is 7.89. The van der Waals surface area contributed by atoms with Crippen molar-refractivity contribution in [2.45, 2.75) is 44.9 Å². The van der Waals surface area contributed by atoms with E-state index in [0.29, 0.717) is 12.1 Å². The molecule has 0 aliphatic rings. The number of sulfonamides is 1. The quantitative estimate of drug-likeness (QED) is 0.592. The van der Waals surface area contributed by atoms with Crippen LogP contribution in [0.1, 0.15) is 50.4 Å². The van der Waals surface area contributed by atoms with Crippen LogP contribution in [0.3, 0.4) is 0 Å². The first-order valence-electron chi connectivity index (χ1n) is 7.02. The molecule has 0 amide bonds. The van der Waals surface area contributed by atoms with Gasteiger partial charge in [0.05, 0.1) is 4.90 Å². The maximum atomic E-state index is 12.0. The van der Waals surface area contributed by atoms with Crippen LogP contribution in [-0.4, -0.2) is 20.7 Å². The molecule has 1 aromatic carbocycles. The van der Waals surface area contributed by atoms with Crippen LogP contribution in [0.15, 0.2) is 29.2 Å². The monoisotopic (exact) mass is 297 g/mol. The summed E-state index contributed by atoms with van der Waals surface area (Å²) in [7, 11) is -3.46. The highest BCUT2D eigenvalue weighted by Crippen LogP contribution is 2.13. The van der Waals surface area contributed by atoms with E-state index in [2.05, 4.69) is 11.6 Å². The minimum absolute atomic E-state index is 0.0184. The van der Waals surface area contributed by atoms with E-state index in [4.69, 9.17) is 0 Å². The van der Waals surface area contributed by atoms with Crippen LogP contribution in [0.2, 0.25) is 0 Å². The molecule has 0 radical (unpaired) electrons. The van der Waals surface area contributed by atoms with E-state index in [1.54, 1.807) is 12.1 Å². The summed E-state index contributed by atoms with van der Waals surface area (Å²) in [4.78, 5) is 12.0. The van der Waals surface area contributed by atoms with Crippen LogP contribution in [-0.2, 0) is 10.0 Å². The number of carbonyl (C=O) groups is 1. The number of nitrogens with one attached hydrogen (secondary N) is 1. The zero-order valence-corrected chi connectivity index (χ0v) is 13.2. The van der Waals surface area contributed by atoms with Gasteiger partial charge < -0.3 is 0 Å². The molecule has 0 saturated carbocycles. The van der Waals surface area contributed by atoms with Gasteiger partial charge >= 0.3 is 0 Å². The van der Waals surface area contributed by atoms with Crippen molar-refractivity contribution in [3.05, 3.63) is 29.8 Å². The van der Waals surface area contributed by atoms with Crippen LogP contribution in [0, 0.1) is 5.92 Å². The number of rotatable bonds is 8. The van der Waals surface area contributed by atoms with Gasteiger partial charge in [-0.25, -0.2) is 13.1 Å². The fraction of sp³-hybridized carbons (Fsp3) is 0.533. The minimum atomic E-state index is -3.46. The van der Waals surface area contributed by atoms with E-state index in [9.17, 15) is 13.2 Å². The van der Waals surface area contributed by atoms with Crippen molar-refractivity contribution < 1.29 is 13.2 Å². The summed E-state index contributed by atoms with van der Waals surface area (Å²) in [6, 6.07) is 6.11. The molecule has 0 aromatic heterocycles. The molecule has 112 valence electrons. The van der Waals surface area contributed by atoms with E-state index in [1.165, 1.54) is 12.1 Å². The first-order chi connectivity index (χ1) is 9.38. The lowest BCUT2D eigenvalue weighted by Crippen LogP contribution is -2.24. The second kappa shape index (κ2) is 7.55. The third-order valence-corrected chi connectivity index (χ3v) is 4.52. The number of carbonyl (C=O) groups excluding carboxylic acids is 1. The summed E-state index contributed by atoms with van der Waals surface area (Å²) in [5.41, 5.74) is 0.546. The fourth-order valence-electron chi connectivity index (χ4n) is 1.80. The minimum Gasteiger partial charge on any atom is -0.294 e. The van der Waals surface area contributed by atoms with Crippen LogP contribution >= 0.6 is 0 Å². The Morgan fingerprint density at radius 1 is 1.15 bits per heavy atom. The summed E-state index contributed by atoms with van der Waals surface area (Å²) in [5.74, 6) is -0.0746. The normalized spacial score (nSPS) is 11.8. The second-order valence-electron chi connectivity index (χ2n) is 5.15. The van der Waals surface area contributed by atoms with E-state index in [1.807, 2.05) is 13.8 Å². The van der Waals surface area contributed by atoms with Crippen molar-refractivity contribution >= 4 is 15.8 Å². The van der Waals surface area contributed by atoms with Crippen LogP contribution < -0.4 is 4.72 Å². The Morgan fingerprint density at radius 3 is 2.25 bits per heavy atom. The molecule has 0 heterocycles. The molecular weight excluding hydrogens is 274 g/mol. The van der Waals surface area contributed by atoms with Crippen LogP contribution in [0.25, 0.3) is 0 Å². The average Bonchev–Trinajstić information content (AvgIpc) is 2.43. The van der Waals surface area contributed by atoms with Gasteiger partial charge in [0.2, 0.25) is 10.0 Å². The molecule has 1 aromatic rings. The molecule has 0 aliphatic heterocycles. The van der Waals surface area contributed by atoms with Crippen LogP contribution in [0.5, 0.6) is 0 Å². The number of benzene rings is 1. The second-order valence-corrected chi connectivity index (χ2v) is 6.92. The maximum absolute atomic E-state index is 12.0. The first-order valence-corrected chi connectivity index (χ1v) is 8.50. The summed E-state index contributed by atoms with van der Waals surface area (Å²) < 4.78 is 26.6. The highest BCUT2D eigenvalue weighted by atomic mass is 32.2. The van der Waals surface area contributed by atoms with Gasteiger partial charge in [0.25, 0.3) is 0 Å². The molecule has 1 rings (SSSR count). The van der Waals surface area contributed by atoms with E-state index < -0.39 is 10.0 Å². The molecule has 0 aliphatic carbocycles. The van der Waals surface area contributed by atoms with Crippen molar-refractivity contribution in [3.63, 3.8) is 0 Å². The molecule has 0 unspecified atom stereocenters. The zero-order chi connectivity index (χ0) is 15.2. The number of hydrogen-bond donors (Lipinski definition) is 1. The molecular formula is C15H23NO3S. The first kappa shape index (κ1) is 16.9. The predicted octanol–water partition coefficient (Wildman–Crippen LogP) is 2.99. The molecule has 0 bridgehead atoms. The van der Waals surface area contributed by atoms with E-state index in [-0.39, 0.29) is 16.6 Å². The van der Waals surface area contributed by atoms with Crippen molar-refractivity contribution in [2.24, 2.45) is 5.92 Å². The molecule has 4 nitrogen and oxygen atoms in total. The lowest BCUT2D eigenvalue weighted by Gasteiger charge is -2.08. The SMILES string of the molecule is CCCCCNS(=O)(=O)c1ccc(C(=O)C(C)C)cc1. The Kier molecular flexibility index (Phi) is 6.36. The smallest absolute Gasteiger partial charge is 0.240 e. The number of ketones is 1. The summed E-state index contributed by atoms with van der Waals surface area (Å²) in [6.45, 7) is 6.16. The van der Waals surface area contributed by atoms with Gasteiger partial charge in [0.15, 0.2) is 5.78 Å². The van der Waals surface area contributed by atoms with Crippen molar-refractivity contribution in [1.82, 2.24) is 4.72 Å². The lowest BCUT2D eigenvalue weighted by molar-refractivity contribution is 0.0939. The Hall–Kier alpha value is -1.20. The molecule has 1 N–H and O–H groups in total. The zero-order valence-electron chi connectivity index (χ0n) is 12.3. The van der Waals surface area contributed by atoms with E-state index >= 15 is 0 Å². The summed E-state index contributed by atoms with van der Waals surface area (Å²) in [6.07, 6.45) is 2.89. The Morgan fingerprint density at radius 2 is 1.75 bits per heavy atom. The van der Waals surface area contributed by atoms with Crippen molar-refractivity contribution in [2.75, 3.05) is 6.54 Å². The van der Waals surface area contributed by atoms with Gasteiger partial charge in [-0.2, -0.15) is 0 Å². The maximum Gasteiger partial charge on any atom is 0.240 e. The lowest BCUT2D eigenvalue weighted by atomic mass is 10.0. The van der Waals surface area contributed by atoms with Crippen molar-refractivity contribution in [1.29, 1.82) is 0 Å². The largest absolute Gasteiger partial charge is 0.294 e. The number of hydrogen-bond acceptors (Lipinski definition) is 3. The molecule has 0 atom stereocenters. The summed E-state index contributed by atoms with van der Waals surface area (Å²) in [5, 5.41) is 0. The van der Waals surface area contributed by atoms with Gasteiger partial charge in [-0.05, 0) is 18.6 Å². The van der Waals surface area contributed by atoms with E-state index in [0.717, 1.165) is 19.3 Å². The summed E-state index contributed by atoms with van der Waals surface area (Å²) >= 11 is 0. The van der Waals surface area contributed by atoms with Gasteiger partial charge in [-0.15, -0.1) is 0 Å². The molecule has 0 fully saturated rings. The standard InChI is InChI=1S/C15H23NO3S/c1-4-5-6-11-16-20(18,19)14-9-7-13(8-10-14)15(17)12(2)3/h7-10,12,16H,4-6,11H2,1-3H3. The average molecular weight is 297 g/mol. The topological polar surface area (TPSA) is 63.2 Å². The van der Waals surface area contributed by atoms with Crippen molar-refractivity contribution in [3.8, 4) is 0 Å². The third kappa shape index (κ3) is 4.72. The Balaban J connectivity index is 2.74. The highest BCUT2D eigenvalue weighted by Gasteiger charge is 2.15.